The van der Waals surface area contributed by atoms with Crippen LogP contribution in [0.5, 0.6) is 0 Å². The first-order valence-electron chi connectivity index (χ1n) is 8.63. The molecular weight excluding hydrogens is 266 g/mol. The Balaban J connectivity index is 2.02. The van der Waals surface area contributed by atoms with Crippen LogP contribution < -0.4 is 0 Å². The topological polar surface area (TPSA) is 12.5 Å². The van der Waals surface area contributed by atoms with Crippen molar-refractivity contribution >= 4 is 12.6 Å². The van der Waals surface area contributed by atoms with Crippen LogP contribution in [0, 0.1) is 5.92 Å². The maximum absolute atomic E-state index is 5.26. The van der Waals surface area contributed by atoms with Crippen molar-refractivity contribution in [1.82, 2.24) is 4.90 Å². The number of rotatable bonds is 14. The zero-order valence-electron chi connectivity index (χ0n) is 13.6. The van der Waals surface area contributed by atoms with Crippen molar-refractivity contribution in [1.29, 1.82) is 0 Å². The Morgan fingerprint density at radius 2 is 1.60 bits per heavy atom. The second kappa shape index (κ2) is 11.9. The van der Waals surface area contributed by atoms with E-state index in [4.69, 9.17) is 4.74 Å². The van der Waals surface area contributed by atoms with Crippen molar-refractivity contribution in [3.8, 4) is 0 Å². The van der Waals surface area contributed by atoms with Gasteiger partial charge in [0.25, 0.3) is 0 Å². The summed E-state index contributed by atoms with van der Waals surface area (Å²) in [6.45, 7) is 5.65. The van der Waals surface area contributed by atoms with E-state index in [2.05, 4.69) is 24.5 Å². The Labute approximate surface area is 132 Å². The number of unbranched alkanes of at least 4 members (excludes halogenated alkanes) is 6. The molecule has 1 aliphatic rings. The second-order valence-corrected chi connectivity index (χ2v) is 6.75. The van der Waals surface area contributed by atoms with Crippen LogP contribution >= 0.6 is 12.6 Å². The van der Waals surface area contributed by atoms with Gasteiger partial charge in [0.05, 0.1) is 6.61 Å². The zero-order chi connectivity index (χ0) is 14.6. The molecule has 0 aromatic rings. The summed E-state index contributed by atoms with van der Waals surface area (Å²) in [5.41, 5.74) is 0. The third kappa shape index (κ3) is 8.53. The van der Waals surface area contributed by atoms with E-state index in [1.807, 2.05) is 7.11 Å². The van der Waals surface area contributed by atoms with Crippen molar-refractivity contribution in [2.24, 2.45) is 5.92 Å². The highest BCUT2D eigenvalue weighted by Gasteiger charge is 2.31. The minimum atomic E-state index is 0.764. The SMILES string of the molecule is COCCN(CCCCCCCCCS)C(C)C1CC1. The van der Waals surface area contributed by atoms with Gasteiger partial charge in [0.2, 0.25) is 0 Å². The summed E-state index contributed by atoms with van der Waals surface area (Å²) >= 11 is 4.25. The minimum Gasteiger partial charge on any atom is -0.383 e. The molecule has 1 aliphatic carbocycles. The molecule has 0 aromatic heterocycles. The Bertz CT molecular complexity index is 221. The van der Waals surface area contributed by atoms with Gasteiger partial charge in [-0.1, -0.05) is 32.1 Å². The van der Waals surface area contributed by atoms with Gasteiger partial charge >= 0.3 is 0 Å². The summed E-state index contributed by atoms with van der Waals surface area (Å²) in [7, 11) is 1.81. The average molecular weight is 302 g/mol. The monoisotopic (exact) mass is 301 g/mol. The molecule has 1 fully saturated rings. The van der Waals surface area contributed by atoms with Gasteiger partial charge in [-0.3, -0.25) is 4.90 Å². The fourth-order valence-corrected chi connectivity index (χ4v) is 3.14. The van der Waals surface area contributed by atoms with E-state index in [-0.39, 0.29) is 0 Å². The van der Waals surface area contributed by atoms with Crippen LogP contribution in [0.2, 0.25) is 0 Å². The molecular formula is C17H35NOS. The molecule has 1 unspecified atom stereocenters. The molecule has 1 rings (SSSR count). The Kier molecular flexibility index (Phi) is 10.9. The normalized spacial score (nSPS) is 16.8. The predicted octanol–water partition coefficient (Wildman–Crippen LogP) is 4.39. The van der Waals surface area contributed by atoms with E-state index in [9.17, 15) is 0 Å². The number of hydrogen-bond acceptors (Lipinski definition) is 3. The molecule has 2 nitrogen and oxygen atoms in total. The molecule has 0 aliphatic heterocycles. The van der Waals surface area contributed by atoms with E-state index in [0.29, 0.717) is 0 Å². The number of thiol groups is 1. The number of methoxy groups -OCH3 is 1. The lowest BCUT2D eigenvalue weighted by Gasteiger charge is -2.29. The smallest absolute Gasteiger partial charge is 0.0589 e. The summed E-state index contributed by atoms with van der Waals surface area (Å²) in [6, 6.07) is 0.764. The molecule has 0 aromatic carbocycles. The van der Waals surface area contributed by atoms with Crippen LogP contribution in [-0.4, -0.2) is 43.5 Å². The Morgan fingerprint density at radius 1 is 1.00 bits per heavy atom. The van der Waals surface area contributed by atoms with Crippen LogP contribution in [0.15, 0.2) is 0 Å². The van der Waals surface area contributed by atoms with Crippen molar-refractivity contribution in [3.63, 3.8) is 0 Å². The lowest BCUT2D eigenvalue weighted by Crippen LogP contribution is -2.37. The van der Waals surface area contributed by atoms with Gasteiger partial charge in [0.15, 0.2) is 0 Å². The largest absolute Gasteiger partial charge is 0.383 e. The summed E-state index contributed by atoms with van der Waals surface area (Å²) in [5, 5.41) is 0. The first kappa shape index (κ1) is 18.3. The summed E-state index contributed by atoms with van der Waals surface area (Å²) < 4.78 is 5.26. The van der Waals surface area contributed by atoms with Crippen LogP contribution in [0.3, 0.4) is 0 Å². The average Bonchev–Trinajstić information content (AvgIpc) is 3.29. The van der Waals surface area contributed by atoms with Crippen LogP contribution in [0.1, 0.15) is 64.7 Å². The van der Waals surface area contributed by atoms with E-state index in [1.54, 1.807) is 0 Å². The van der Waals surface area contributed by atoms with Crippen LogP contribution in [0.4, 0.5) is 0 Å². The maximum atomic E-state index is 5.26. The highest BCUT2D eigenvalue weighted by molar-refractivity contribution is 7.80. The Hall–Kier alpha value is 0.270. The molecule has 0 amide bonds. The van der Waals surface area contributed by atoms with Gasteiger partial charge in [0, 0.05) is 19.7 Å². The van der Waals surface area contributed by atoms with E-state index >= 15 is 0 Å². The minimum absolute atomic E-state index is 0.764. The maximum Gasteiger partial charge on any atom is 0.0589 e. The number of ether oxygens (including phenoxy) is 1. The molecule has 0 saturated heterocycles. The van der Waals surface area contributed by atoms with Gasteiger partial charge in [-0.15, -0.1) is 0 Å². The van der Waals surface area contributed by atoms with Gasteiger partial charge in [-0.2, -0.15) is 12.6 Å². The lowest BCUT2D eigenvalue weighted by atomic mass is 10.1. The van der Waals surface area contributed by atoms with E-state index < -0.39 is 0 Å². The van der Waals surface area contributed by atoms with Crippen LogP contribution in [-0.2, 0) is 4.74 Å². The quantitative estimate of drug-likeness (QED) is 0.377. The summed E-state index contributed by atoms with van der Waals surface area (Å²) in [6.07, 6.45) is 12.5. The fourth-order valence-electron chi connectivity index (χ4n) is 2.91. The molecule has 1 saturated carbocycles. The summed E-state index contributed by atoms with van der Waals surface area (Å²) in [4.78, 5) is 2.65. The van der Waals surface area contributed by atoms with Crippen molar-refractivity contribution < 1.29 is 4.74 Å². The Morgan fingerprint density at radius 3 is 2.15 bits per heavy atom. The molecule has 0 heterocycles. The third-order valence-corrected chi connectivity index (χ3v) is 4.88. The number of nitrogens with zero attached hydrogens (tertiary/aromatic N) is 1. The second-order valence-electron chi connectivity index (χ2n) is 6.31. The lowest BCUT2D eigenvalue weighted by molar-refractivity contribution is 0.115. The van der Waals surface area contributed by atoms with Crippen molar-refractivity contribution in [3.05, 3.63) is 0 Å². The van der Waals surface area contributed by atoms with Crippen molar-refractivity contribution in [2.75, 3.05) is 32.6 Å². The van der Waals surface area contributed by atoms with Gasteiger partial charge in [0.1, 0.15) is 0 Å². The van der Waals surface area contributed by atoms with Gasteiger partial charge < -0.3 is 4.74 Å². The number of hydrogen-bond donors (Lipinski definition) is 1. The third-order valence-electron chi connectivity index (χ3n) is 4.57. The van der Waals surface area contributed by atoms with Crippen molar-refractivity contribution in [2.45, 2.75) is 70.8 Å². The zero-order valence-corrected chi connectivity index (χ0v) is 14.5. The molecule has 0 spiro atoms. The molecule has 0 radical (unpaired) electrons. The summed E-state index contributed by atoms with van der Waals surface area (Å²) in [5.74, 6) is 2.01. The molecule has 20 heavy (non-hydrogen) atoms. The van der Waals surface area contributed by atoms with Gasteiger partial charge in [-0.25, -0.2) is 0 Å². The van der Waals surface area contributed by atoms with E-state index in [0.717, 1.165) is 30.9 Å². The molecule has 3 heteroatoms. The standard InChI is InChI=1S/C17H35NOS/c1-16(17-10-11-17)18(13-14-19-2)12-8-6-4-3-5-7-9-15-20/h16-17,20H,3-15H2,1-2H3. The molecule has 1 atom stereocenters. The first-order chi connectivity index (χ1) is 9.79. The predicted molar refractivity (Wildman–Crippen MR) is 91.8 cm³/mol. The fraction of sp³-hybridized carbons (Fsp3) is 1.00. The van der Waals surface area contributed by atoms with Crippen LogP contribution in [0.25, 0.3) is 0 Å². The highest BCUT2D eigenvalue weighted by atomic mass is 32.1. The van der Waals surface area contributed by atoms with Gasteiger partial charge in [-0.05, 0) is 50.8 Å². The molecule has 120 valence electrons. The molecule has 0 N–H and O–H groups in total. The molecule has 0 bridgehead atoms. The highest BCUT2D eigenvalue weighted by Crippen LogP contribution is 2.35. The first-order valence-corrected chi connectivity index (χ1v) is 9.26. The van der Waals surface area contributed by atoms with E-state index in [1.165, 1.54) is 64.3 Å².